The average Bonchev–Trinajstić information content (AvgIpc) is 2.82. The first-order valence-electron chi connectivity index (χ1n) is 4.58. The summed E-state index contributed by atoms with van der Waals surface area (Å²) in [6.07, 6.45) is 5.25. The van der Waals surface area contributed by atoms with Crippen molar-refractivity contribution < 1.29 is 4.42 Å². The molecular weight excluding hydrogens is 272 g/mol. The summed E-state index contributed by atoms with van der Waals surface area (Å²) in [5.74, 6) is 1.09. The summed E-state index contributed by atoms with van der Waals surface area (Å²) in [5.41, 5.74) is 7.12. The zero-order chi connectivity index (χ0) is 11.1. The van der Waals surface area contributed by atoms with Gasteiger partial charge in [0, 0.05) is 12.4 Å². The smallest absolute Gasteiger partial charge is 0.180 e. The van der Waals surface area contributed by atoms with Crippen LogP contribution in [0.5, 0.6) is 0 Å². The Kier molecular flexibility index (Phi) is 1.97. The topological polar surface area (TPSA) is 69.3 Å². The molecule has 6 heteroatoms. The van der Waals surface area contributed by atoms with Gasteiger partial charge < -0.3 is 14.6 Å². The lowest BCUT2D eigenvalue weighted by Crippen LogP contribution is -1.96. The molecule has 0 amide bonds. The van der Waals surface area contributed by atoms with E-state index in [0.717, 1.165) is 5.69 Å². The van der Waals surface area contributed by atoms with Gasteiger partial charge in [0.1, 0.15) is 10.3 Å². The quantitative estimate of drug-likeness (QED) is 0.742. The third-order valence-corrected chi connectivity index (χ3v) is 2.59. The lowest BCUT2D eigenvalue weighted by atomic mass is 10.4. The Bertz CT molecular complexity index is 644. The van der Waals surface area contributed by atoms with Crippen molar-refractivity contribution in [2.24, 2.45) is 0 Å². The average molecular weight is 279 g/mol. The van der Waals surface area contributed by atoms with Gasteiger partial charge in [-0.25, -0.2) is 9.97 Å². The molecule has 2 N–H and O–H groups in total. The molecule has 0 saturated carbocycles. The summed E-state index contributed by atoms with van der Waals surface area (Å²) in [5, 5.41) is 0. The van der Waals surface area contributed by atoms with Crippen LogP contribution in [0.1, 0.15) is 0 Å². The SMILES string of the molecule is Nc1nc(Br)cn2cc(-c3ccco3)nc12. The number of anilines is 1. The number of hydrogen-bond donors (Lipinski definition) is 1. The molecule has 0 radical (unpaired) electrons. The van der Waals surface area contributed by atoms with Crippen molar-refractivity contribution in [1.29, 1.82) is 0 Å². The molecule has 0 aliphatic carbocycles. The number of nitrogens with two attached hydrogens (primary N) is 1. The Morgan fingerprint density at radius 2 is 2.19 bits per heavy atom. The number of furan rings is 1. The number of imidazole rings is 1. The summed E-state index contributed by atoms with van der Waals surface area (Å²) >= 11 is 3.28. The molecule has 80 valence electrons. The van der Waals surface area contributed by atoms with Crippen LogP contribution in [0.15, 0.2) is 39.8 Å². The number of halogens is 1. The van der Waals surface area contributed by atoms with E-state index in [9.17, 15) is 0 Å². The van der Waals surface area contributed by atoms with Crippen molar-refractivity contribution in [3.63, 3.8) is 0 Å². The highest BCUT2D eigenvalue weighted by Gasteiger charge is 2.09. The van der Waals surface area contributed by atoms with Gasteiger partial charge in [0.15, 0.2) is 17.2 Å². The van der Waals surface area contributed by atoms with E-state index < -0.39 is 0 Å². The van der Waals surface area contributed by atoms with Crippen molar-refractivity contribution in [3.8, 4) is 11.5 Å². The molecule has 3 aromatic heterocycles. The highest BCUT2D eigenvalue weighted by Crippen LogP contribution is 2.22. The van der Waals surface area contributed by atoms with E-state index in [0.29, 0.717) is 21.8 Å². The first-order chi connectivity index (χ1) is 7.74. The molecule has 0 spiro atoms. The van der Waals surface area contributed by atoms with Crippen LogP contribution < -0.4 is 5.73 Å². The maximum absolute atomic E-state index is 5.77. The molecule has 0 bridgehead atoms. The van der Waals surface area contributed by atoms with Crippen LogP contribution >= 0.6 is 15.9 Å². The first kappa shape index (κ1) is 9.41. The van der Waals surface area contributed by atoms with E-state index in [1.807, 2.05) is 22.7 Å². The number of fused-ring (bicyclic) bond motifs is 1. The second-order valence-corrected chi connectivity index (χ2v) is 4.10. The minimum absolute atomic E-state index is 0.382. The van der Waals surface area contributed by atoms with Gasteiger partial charge in [-0.15, -0.1) is 0 Å². The van der Waals surface area contributed by atoms with E-state index in [1.54, 1.807) is 12.5 Å². The molecule has 3 rings (SSSR count). The molecule has 5 nitrogen and oxygen atoms in total. The van der Waals surface area contributed by atoms with E-state index in [-0.39, 0.29) is 0 Å². The van der Waals surface area contributed by atoms with Crippen LogP contribution in [-0.2, 0) is 0 Å². The second kappa shape index (κ2) is 3.34. The predicted octanol–water partition coefficient (Wildman–Crippen LogP) is 2.33. The predicted molar refractivity (Wildman–Crippen MR) is 62.8 cm³/mol. The third kappa shape index (κ3) is 1.38. The second-order valence-electron chi connectivity index (χ2n) is 3.28. The van der Waals surface area contributed by atoms with Crippen molar-refractivity contribution in [3.05, 3.63) is 35.4 Å². The maximum Gasteiger partial charge on any atom is 0.180 e. The molecule has 0 saturated heterocycles. The maximum atomic E-state index is 5.77. The molecule has 0 aliphatic heterocycles. The van der Waals surface area contributed by atoms with Gasteiger partial charge in [0.25, 0.3) is 0 Å². The monoisotopic (exact) mass is 278 g/mol. The lowest BCUT2D eigenvalue weighted by molar-refractivity contribution is 0.580. The Hall–Kier alpha value is -1.82. The standard InChI is InChI=1S/C10H7BrN4O/c11-8-5-15-4-6(7-2-1-3-16-7)13-10(15)9(12)14-8/h1-5H,(H2,12,14). The molecule has 0 unspecified atom stereocenters. The van der Waals surface area contributed by atoms with Gasteiger partial charge in [0.05, 0.1) is 6.26 Å². The molecular formula is C10H7BrN4O. The Balaban J connectivity index is 2.27. The highest BCUT2D eigenvalue weighted by atomic mass is 79.9. The fraction of sp³-hybridized carbons (Fsp3) is 0. The zero-order valence-corrected chi connectivity index (χ0v) is 9.68. The summed E-state index contributed by atoms with van der Waals surface area (Å²) in [7, 11) is 0. The largest absolute Gasteiger partial charge is 0.463 e. The van der Waals surface area contributed by atoms with Gasteiger partial charge >= 0.3 is 0 Å². The molecule has 3 aromatic rings. The first-order valence-corrected chi connectivity index (χ1v) is 5.38. The molecule has 3 heterocycles. The Morgan fingerprint density at radius 3 is 2.94 bits per heavy atom. The van der Waals surface area contributed by atoms with E-state index >= 15 is 0 Å². The van der Waals surface area contributed by atoms with Gasteiger partial charge in [-0.3, -0.25) is 0 Å². The van der Waals surface area contributed by atoms with Gasteiger partial charge in [0.2, 0.25) is 0 Å². The Morgan fingerprint density at radius 1 is 1.31 bits per heavy atom. The van der Waals surface area contributed by atoms with Gasteiger partial charge in [-0.2, -0.15) is 0 Å². The summed E-state index contributed by atoms with van der Waals surface area (Å²) in [4.78, 5) is 8.43. The van der Waals surface area contributed by atoms with E-state index in [4.69, 9.17) is 10.2 Å². The lowest BCUT2D eigenvalue weighted by Gasteiger charge is -1.96. The van der Waals surface area contributed by atoms with Crippen molar-refractivity contribution >= 4 is 27.4 Å². The number of nitrogen functional groups attached to an aromatic ring is 1. The van der Waals surface area contributed by atoms with E-state index in [1.165, 1.54) is 0 Å². The number of rotatable bonds is 1. The molecule has 0 aliphatic rings. The minimum Gasteiger partial charge on any atom is -0.463 e. The van der Waals surface area contributed by atoms with Gasteiger partial charge in [-0.1, -0.05) is 0 Å². The zero-order valence-electron chi connectivity index (χ0n) is 8.09. The Labute approximate surface area is 99.0 Å². The minimum atomic E-state index is 0.382. The van der Waals surface area contributed by atoms with Crippen molar-refractivity contribution in [1.82, 2.24) is 14.4 Å². The fourth-order valence-corrected chi connectivity index (χ4v) is 1.94. The van der Waals surface area contributed by atoms with E-state index in [2.05, 4.69) is 25.9 Å². The number of aromatic nitrogens is 3. The third-order valence-electron chi connectivity index (χ3n) is 2.21. The van der Waals surface area contributed by atoms with Crippen molar-refractivity contribution in [2.45, 2.75) is 0 Å². The normalized spacial score (nSPS) is 11.1. The van der Waals surface area contributed by atoms with Crippen LogP contribution in [0.4, 0.5) is 5.82 Å². The molecule has 0 fully saturated rings. The molecule has 0 atom stereocenters. The van der Waals surface area contributed by atoms with Crippen molar-refractivity contribution in [2.75, 3.05) is 5.73 Å². The number of nitrogens with zero attached hydrogens (tertiary/aromatic N) is 3. The highest BCUT2D eigenvalue weighted by molar-refractivity contribution is 9.10. The fourth-order valence-electron chi connectivity index (χ4n) is 1.53. The molecule has 16 heavy (non-hydrogen) atoms. The molecule has 0 aromatic carbocycles. The van der Waals surface area contributed by atoms with Gasteiger partial charge in [-0.05, 0) is 28.1 Å². The van der Waals surface area contributed by atoms with Crippen LogP contribution in [0, 0.1) is 0 Å². The van der Waals surface area contributed by atoms with Crippen LogP contribution in [0.2, 0.25) is 0 Å². The van der Waals surface area contributed by atoms with Crippen LogP contribution in [0.25, 0.3) is 17.1 Å². The van der Waals surface area contributed by atoms with Crippen LogP contribution in [-0.4, -0.2) is 14.4 Å². The number of hydrogen-bond acceptors (Lipinski definition) is 4. The summed E-state index contributed by atoms with van der Waals surface area (Å²) in [6, 6.07) is 3.66. The summed E-state index contributed by atoms with van der Waals surface area (Å²) < 4.78 is 7.75. The summed E-state index contributed by atoms with van der Waals surface area (Å²) in [6.45, 7) is 0. The van der Waals surface area contributed by atoms with Crippen LogP contribution in [0.3, 0.4) is 0 Å².